The zero-order valence-electron chi connectivity index (χ0n) is 14.0. The lowest BCUT2D eigenvalue weighted by molar-refractivity contribution is -0.137. The summed E-state index contributed by atoms with van der Waals surface area (Å²) >= 11 is 6.74. The summed E-state index contributed by atoms with van der Waals surface area (Å²) in [7, 11) is 0. The lowest BCUT2D eigenvalue weighted by Crippen LogP contribution is -2.06. The van der Waals surface area contributed by atoms with Crippen LogP contribution in [0.3, 0.4) is 0 Å². The summed E-state index contributed by atoms with van der Waals surface area (Å²) in [6.07, 6.45) is -1.15. The summed E-state index contributed by atoms with van der Waals surface area (Å²) in [4.78, 5) is 8.74. The number of para-hydroxylation sites is 1. The van der Waals surface area contributed by atoms with Gasteiger partial charge in [-0.1, -0.05) is 41.1 Å². The van der Waals surface area contributed by atoms with E-state index in [2.05, 4.69) is 15.3 Å². The van der Waals surface area contributed by atoms with Crippen molar-refractivity contribution in [3.63, 3.8) is 0 Å². The van der Waals surface area contributed by atoms with E-state index in [4.69, 9.17) is 11.6 Å². The van der Waals surface area contributed by atoms with Gasteiger partial charge < -0.3 is 10.4 Å². The summed E-state index contributed by atoms with van der Waals surface area (Å²) < 4.78 is 39.0. The Labute approximate surface area is 166 Å². The Balaban J connectivity index is 1.62. The highest BCUT2D eigenvalue weighted by atomic mass is 35.5. The molecule has 4 nitrogen and oxygen atoms in total. The molecule has 28 heavy (non-hydrogen) atoms. The zero-order chi connectivity index (χ0) is 19.9. The smallest absolute Gasteiger partial charge is 0.417 e. The molecule has 1 aromatic heterocycles. The quantitative estimate of drug-likeness (QED) is 0.506. The van der Waals surface area contributed by atoms with Crippen molar-refractivity contribution in [1.82, 2.24) is 4.98 Å². The molecule has 1 aliphatic heterocycles. The highest BCUT2D eigenvalue weighted by Crippen LogP contribution is 2.39. The van der Waals surface area contributed by atoms with E-state index in [0.29, 0.717) is 4.88 Å². The van der Waals surface area contributed by atoms with Crippen LogP contribution in [-0.2, 0) is 6.18 Å². The number of aliphatic imine (C=N–C) groups is 1. The lowest BCUT2D eigenvalue weighted by Gasteiger charge is -2.11. The third kappa shape index (κ3) is 3.61. The molecule has 3 aromatic rings. The number of thiazole rings is 1. The summed E-state index contributed by atoms with van der Waals surface area (Å²) in [6, 6.07) is 11.0. The van der Waals surface area contributed by atoms with Gasteiger partial charge in [-0.05, 0) is 30.3 Å². The lowest BCUT2D eigenvalue weighted by atomic mass is 10.1. The molecule has 0 bridgehead atoms. The first-order valence-electron chi connectivity index (χ1n) is 8.00. The van der Waals surface area contributed by atoms with Gasteiger partial charge >= 0.3 is 6.18 Å². The van der Waals surface area contributed by atoms with Crippen LogP contribution in [0.1, 0.15) is 16.0 Å². The van der Waals surface area contributed by atoms with E-state index in [1.54, 1.807) is 12.3 Å². The van der Waals surface area contributed by atoms with Gasteiger partial charge in [-0.25, -0.2) is 0 Å². The van der Waals surface area contributed by atoms with Crippen molar-refractivity contribution in [1.29, 1.82) is 0 Å². The normalized spacial score (nSPS) is 14.5. The van der Waals surface area contributed by atoms with E-state index in [0.717, 1.165) is 40.3 Å². The third-order valence-electron chi connectivity index (χ3n) is 4.00. The van der Waals surface area contributed by atoms with Crippen LogP contribution in [-0.4, -0.2) is 16.3 Å². The maximum absolute atomic E-state index is 13.0. The minimum Gasteiger partial charge on any atom is -0.492 e. The molecule has 0 unspecified atom stereocenters. The number of anilines is 2. The Morgan fingerprint density at radius 1 is 1.14 bits per heavy atom. The first kappa shape index (κ1) is 18.5. The minimum absolute atomic E-state index is 0.164. The molecular weight excluding hydrogens is 411 g/mol. The molecule has 0 saturated heterocycles. The van der Waals surface area contributed by atoms with Gasteiger partial charge in [0.25, 0.3) is 0 Å². The fourth-order valence-electron chi connectivity index (χ4n) is 2.71. The number of allylic oxidation sites excluding steroid dienone is 1. The van der Waals surface area contributed by atoms with Crippen LogP contribution in [0.4, 0.5) is 29.7 Å². The first-order chi connectivity index (χ1) is 13.3. The number of hydrogen-bond donors (Lipinski definition) is 2. The Bertz CT molecular complexity index is 1120. The second-order valence-corrected chi connectivity index (χ2v) is 7.34. The number of rotatable bonds is 3. The van der Waals surface area contributed by atoms with Crippen molar-refractivity contribution in [2.45, 2.75) is 6.18 Å². The van der Waals surface area contributed by atoms with Crippen LogP contribution < -0.4 is 5.32 Å². The average Bonchev–Trinajstić information content (AvgIpc) is 3.20. The van der Waals surface area contributed by atoms with Crippen molar-refractivity contribution >= 4 is 57.3 Å². The van der Waals surface area contributed by atoms with Crippen LogP contribution in [0.15, 0.2) is 47.5 Å². The van der Waals surface area contributed by atoms with E-state index < -0.39 is 11.7 Å². The highest BCUT2D eigenvalue weighted by molar-refractivity contribution is 7.16. The SMILES string of the molecule is Oc1nc(Nc2ccc(Cl)c(C(F)(F)F)c2)sc1/C=C1\C=Nc2ccccc21. The monoisotopic (exact) mass is 421 g/mol. The van der Waals surface area contributed by atoms with E-state index in [1.807, 2.05) is 24.3 Å². The summed E-state index contributed by atoms with van der Waals surface area (Å²) in [5, 5.41) is 12.8. The van der Waals surface area contributed by atoms with E-state index in [9.17, 15) is 18.3 Å². The number of nitrogens with zero attached hydrogens (tertiary/aromatic N) is 2. The topological polar surface area (TPSA) is 57.5 Å². The Hall–Kier alpha value is -2.84. The van der Waals surface area contributed by atoms with E-state index in [-0.39, 0.29) is 21.7 Å². The van der Waals surface area contributed by atoms with E-state index in [1.165, 1.54) is 6.07 Å². The molecule has 0 aliphatic carbocycles. The molecule has 2 heterocycles. The molecule has 0 spiro atoms. The van der Waals surface area contributed by atoms with Crippen molar-refractivity contribution in [2.75, 3.05) is 5.32 Å². The van der Waals surface area contributed by atoms with Crippen LogP contribution in [0.2, 0.25) is 5.02 Å². The number of hydrogen-bond acceptors (Lipinski definition) is 5. The number of benzene rings is 2. The molecule has 1 aliphatic rings. The Morgan fingerprint density at radius 2 is 1.93 bits per heavy atom. The number of nitrogens with one attached hydrogen (secondary N) is 1. The van der Waals surface area contributed by atoms with E-state index >= 15 is 0 Å². The van der Waals surface area contributed by atoms with Crippen molar-refractivity contribution in [2.24, 2.45) is 4.99 Å². The van der Waals surface area contributed by atoms with Gasteiger partial charge in [-0.15, -0.1) is 0 Å². The van der Waals surface area contributed by atoms with Gasteiger partial charge in [-0.2, -0.15) is 18.2 Å². The van der Waals surface area contributed by atoms with Gasteiger partial charge in [0, 0.05) is 23.0 Å². The number of fused-ring (bicyclic) bond motifs is 1. The van der Waals surface area contributed by atoms with Crippen LogP contribution in [0.5, 0.6) is 5.88 Å². The van der Waals surface area contributed by atoms with Gasteiger partial charge in [0.15, 0.2) is 5.13 Å². The molecule has 0 amide bonds. The number of aromatic nitrogens is 1. The van der Waals surface area contributed by atoms with Crippen LogP contribution in [0, 0.1) is 0 Å². The second kappa shape index (κ2) is 6.96. The maximum Gasteiger partial charge on any atom is 0.417 e. The van der Waals surface area contributed by atoms with Gasteiger partial charge in [0.2, 0.25) is 5.88 Å². The molecule has 2 aromatic carbocycles. The molecule has 4 rings (SSSR count). The standard InChI is InChI=1S/C19H11ClF3N3OS/c20-14-6-5-11(8-13(14)19(21,22)23)25-18-26-17(27)16(28-18)7-10-9-24-15-4-2-1-3-12(10)15/h1-9,27H,(H,25,26)/b10-7+. The summed E-state index contributed by atoms with van der Waals surface area (Å²) in [6.45, 7) is 0. The Morgan fingerprint density at radius 3 is 2.71 bits per heavy atom. The number of aromatic hydroxyl groups is 1. The third-order valence-corrected chi connectivity index (χ3v) is 5.24. The van der Waals surface area contributed by atoms with Gasteiger partial charge in [0.05, 0.1) is 21.2 Å². The fourth-order valence-corrected chi connectivity index (χ4v) is 3.77. The summed E-state index contributed by atoms with van der Waals surface area (Å²) in [5.74, 6) is -0.220. The Kier molecular flexibility index (Phi) is 4.60. The summed E-state index contributed by atoms with van der Waals surface area (Å²) in [5.41, 5.74) is 1.79. The molecule has 0 atom stereocenters. The molecule has 0 radical (unpaired) electrons. The van der Waals surface area contributed by atoms with Gasteiger partial charge in [0.1, 0.15) is 0 Å². The maximum atomic E-state index is 13.0. The van der Waals surface area contributed by atoms with Crippen molar-refractivity contribution in [3.8, 4) is 5.88 Å². The first-order valence-corrected chi connectivity index (χ1v) is 9.19. The van der Waals surface area contributed by atoms with Crippen molar-refractivity contribution in [3.05, 3.63) is 63.5 Å². The molecule has 9 heteroatoms. The fraction of sp³-hybridized carbons (Fsp3) is 0.0526. The van der Waals surface area contributed by atoms with Crippen molar-refractivity contribution < 1.29 is 18.3 Å². The number of halogens is 4. The molecule has 142 valence electrons. The largest absolute Gasteiger partial charge is 0.492 e. The number of alkyl halides is 3. The molecule has 0 saturated carbocycles. The van der Waals surface area contributed by atoms with Gasteiger partial charge in [-0.3, -0.25) is 4.99 Å². The second-order valence-electron chi connectivity index (χ2n) is 5.90. The van der Waals surface area contributed by atoms with Crippen LogP contribution >= 0.6 is 22.9 Å². The predicted molar refractivity (Wildman–Crippen MR) is 106 cm³/mol. The van der Waals surface area contributed by atoms with Crippen LogP contribution in [0.25, 0.3) is 11.6 Å². The molecular formula is C19H11ClF3N3OS. The molecule has 2 N–H and O–H groups in total. The highest BCUT2D eigenvalue weighted by Gasteiger charge is 2.33. The molecule has 0 fully saturated rings. The average molecular weight is 422 g/mol. The predicted octanol–water partition coefficient (Wildman–Crippen LogP) is 6.52. The zero-order valence-corrected chi connectivity index (χ0v) is 15.5. The minimum atomic E-state index is -4.56.